The van der Waals surface area contributed by atoms with Gasteiger partial charge in [-0.2, -0.15) is 0 Å². The Balaban J connectivity index is 0.00000196. The standard InChI is InChI=1S/C19H21FN4O2.2ClH/c20-17-4-2-1-3-15(17)12-24-10-9-16(13-24)22-18-7-5-14(11-21-18)6-8-19(25)23-26;;/h1-8,11,16,26H,9-10,12-13H2,(H,21,22)(H,23,25);2*1H/b8-6+;;/t16-;;/m1../s1. The summed E-state index contributed by atoms with van der Waals surface area (Å²) >= 11 is 0. The molecule has 1 aromatic carbocycles. The molecule has 3 N–H and O–H groups in total. The van der Waals surface area contributed by atoms with E-state index in [1.54, 1.807) is 18.3 Å². The second-order valence-corrected chi connectivity index (χ2v) is 6.24. The summed E-state index contributed by atoms with van der Waals surface area (Å²) in [5.74, 6) is 0.00343. The van der Waals surface area contributed by atoms with E-state index in [9.17, 15) is 9.18 Å². The number of nitrogens with one attached hydrogen (secondary N) is 2. The SMILES string of the molecule is Cl.Cl.O=C(/C=C/c1ccc(N[C@@H]2CCN(Cc3ccccc3F)C2)nc1)NO. The fourth-order valence-electron chi connectivity index (χ4n) is 2.97. The monoisotopic (exact) mass is 428 g/mol. The van der Waals surface area contributed by atoms with Gasteiger partial charge in [-0.05, 0) is 36.3 Å². The lowest BCUT2D eigenvalue weighted by molar-refractivity contribution is -0.124. The lowest BCUT2D eigenvalue weighted by Gasteiger charge is -2.17. The van der Waals surface area contributed by atoms with Crippen LogP contribution in [-0.2, 0) is 11.3 Å². The van der Waals surface area contributed by atoms with Gasteiger partial charge in [-0.25, -0.2) is 14.9 Å². The van der Waals surface area contributed by atoms with Crippen molar-refractivity contribution in [3.05, 3.63) is 65.6 Å². The number of likely N-dealkylation sites (tertiary alicyclic amines) is 1. The first-order chi connectivity index (χ1) is 12.6. The molecule has 152 valence electrons. The van der Waals surface area contributed by atoms with Crippen LogP contribution in [0.4, 0.5) is 10.2 Å². The Hall–Kier alpha value is -2.19. The number of aromatic nitrogens is 1. The number of rotatable bonds is 6. The van der Waals surface area contributed by atoms with E-state index in [0.717, 1.165) is 30.9 Å². The lowest BCUT2D eigenvalue weighted by atomic mass is 10.2. The van der Waals surface area contributed by atoms with Gasteiger partial charge in [0.05, 0.1) is 0 Å². The fraction of sp³-hybridized carbons (Fsp3) is 0.263. The van der Waals surface area contributed by atoms with Crippen LogP contribution in [0, 0.1) is 5.82 Å². The van der Waals surface area contributed by atoms with Crippen LogP contribution in [0.5, 0.6) is 0 Å². The van der Waals surface area contributed by atoms with Crippen molar-refractivity contribution in [2.45, 2.75) is 19.0 Å². The van der Waals surface area contributed by atoms with Crippen molar-refractivity contribution in [2.24, 2.45) is 0 Å². The lowest BCUT2D eigenvalue weighted by Crippen LogP contribution is -2.26. The van der Waals surface area contributed by atoms with Crippen molar-refractivity contribution >= 4 is 42.6 Å². The molecule has 3 rings (SSSR count). The number of pyridine rings is 1. The molecule has 1 atom stereocenters. The molecule has 1 aromatic heterocycles. The first-order valence-electron chi connectivity index (χ1n) is 8.44. The highest BCUT2D eigenvalue weighted by Crippen LogP contribution is 2.18. The predicted octanol–water partition coefficient (Wildman–Crippen LogP) is 3.27. The number of hydrogen-bond acceptors (Lipinski definition) is 5. The Morgan fingerprint density at radius 2 is 2.07 bits per heavy atom. The zero-order valence-corrected chi connectivity index (χ0v) is 16.7. The number of carbonyl (C=O) groups is 1. The highest BCUT2D eigenvalue weighted by Gasteiger charge is 2.23. The van der Waals surface area contributed by atoms with Crippen molar-refractivity contribution in [3.63, 3.8) is 0 Å². The summed E-state index contributed by atoms with van der Waals surface area (Å²) in [5.41, 5.74) is 3.01. The van der Waals surface area contributed by atoms with E-state index >= 15 is 0 Å². The molecule has 1 amide bonds. The normalized spacial score (nSPS) is 16.3. The maximum Gasteiger partial charge on any atom is 0.267 e. The van der Waals surface area contributed by atoms with Gasteiger partial charge in [-0.3, -0.25) is 14.9 Å². The zero-order valence-electron chi connectivity index (χ0n) is 15.0. The average molecular weight is 429 g/mol. The van der Waals surface area contributed by atoms with Gasteiger partial charge in [-0.15, -0.1) is 24.8 Å². The summed E-state index contributed by atoms with van der Waals surface area (Å²) in [6, 6.07) is 10.8. The first kappa shape index (κ1) is 23.8. The molecule has 0 aliphatic carbocycles. The van der Waals surface area contributed by atoms with Crippen molar-refractivity contribution < 1.29 is 14.4 Å². The van der Waals surface area contributed by atoms with E-state index in [2.05, 4.69) is 15.2 Å². The van der Waals surface area contributed by atoms with E-state index in [0.29, 0.717) is 12.1 Å². The molecule has 0 radical (unpaired) electrons. The van der Waals surface area contributed by atoms with Crippen molar-refractivity contribution in [3.8, 4) is 0 Å². The molecule has 1 fully saturated rings. The maximum absolute atomic E-state index is 13.8. The minimum Gasteiger partial charge on any atom is -0.366 e. The van der Waals surface area contributed by atoms with Crippen molar-refractivity contribution in [1.29, 1.82) is 0 Å². The summed E-state index contributed by atoms with van der Waals surface area (Å²) in [5, 5.41) is 11.8. The Bertz CT molecular complexity index is 790. The van der Waals surface area contributed by atoms with E-state index in [-0.39, 0.29) is 36.7 Å². The molecule has 0 unspecified atom stereocenters. The fourth-order valence-corrected chi connectivity index (χ4v) is 2.97. The number of halogens is 3. The molecule has 0 spiro atoms. The number of hydrogen-bond donors (Lipinski definition) is 3. The number of hydroxylamine groups is 1. The highest BCUT2D eigenvalue weighted by molar-refractivity contribution is 5.90. The third-order valence-electron chi connectivity index (χ3n) is 4.30. The number of benzene rings is 1. The average Bonchev–Trinajstić information content (AvgIpc) is 3.09. The largest absolute Gasteiger partial charge is 0.366 e. The first-order valence-corrected chi connectivity index (χ1v) is 8.44. The van der Waals surface area contributed by atoms with Crippen LogP contribution < -0.4 is 10.8 Å². The maximum atomic E-state index is 13.8. The van der Waals surface area contributed by atoms with Gasteiger partial charge in [0.1, 0.15) is 11.6 Å². The van der Waals surface area contributed by atoms with Gasteiger partial charge < -0.3 is 5.32 Å². The number of anilines is 1. The smallest absolute Gasteiger partial charge is 0.267 e. The molecule has 1 aliphatic rings. The summed E-state index contributed by atoms with van der Waals surface area (Å²) in [6.45, 7) is 2.34. The summed E-state index contributed by atoms with van der Waals surface area (Å²) in [6.07, 6.45) is 5.40. The topological polar surface area (TPSA) is 77.5 Å². The van der Waals surface area contributed by atoms with Gasteiger partial charge in [0.2, 0.25) is 0 Å². The molecule has 1 saturated heterocycles. The van der Waals surface area contributed by atoms with Crippen LogP contribution in [0.1, 0.15) is 17.5 Å². The second kappa shape index (κ2) is 11.6. The van der Waals surface area contributed by atoms with Crippen LogP contribution in [0.2, 0.25) is 0 Å². The molecule has 28 heavy (non-hydrogen) atoms. The third kappa shape index (κ3) is 6.76. The molecular formula is C19H23Cl2FN4O2. The molecule has 6 nitrogen and oxygen atoms in total. The third-order valence-corrected chi connectivity index (χ3v) is 4.30. The zero-order chi connectivity index (χ0) is 18.4. The van der Waals surface area contributed by atoms with E-state index in [1.807, 2.05) is 24.3 Å². The summed E-state index contributed by atoms with van der Waals surface area (Å²) in [7, 11) is 0. The van der Waals surface area contributed by atoms with Crippen LogP contribution in [0.15, 0.2) is 48.7 Å². The molecule has 0 bridgehead atoms. The van der Waals surface area contributed by atoms with Gasteiger partial charge in [-0.1, -0.05) is 18.2 Å². The number of amides is 1. The minimum absolute atomic E-state index is 0. The molecule has 9 heteroatoms. The number of nitrogens with zero attached hydrogens (tertiary/aromatic N) is 2. The van der Waals surface area contributed by atoms with E-state index in [4.69, 9.17) is 5.21 Å². The molecule has 2 aromatic rings. The van der Waals surface area contributed by atoms with Crippen LogP contribution in [0.25, 0.3) is 6.08 Å². The number of carbonyl (C=O) groups excluding carboxylic acids is 1. The Morgan fingerprint density at radius 1 is 1.29 bits per heavy atom. The van der Waals surface area contributed by atoms with Gasteiger partial charge in [0.25, 0.3) is 5.91 Å². The summed E-state index contributed by atoms with van der Waals surface area (Å²) < 4.78 is 13.8. The molecule has 2 heterocycles. The minimum atomic E-state index is -0.590. The van der Waals surface area contributed by atoms with Crippen molar-refractivity contribution in [1.82, 2.24) is 15.4 Å². The van der Waals surface area contributed by atoms with Gasteiger partial charge in [0.15, 0.2) is 0 Å². The van der Waals surface area contributed by atoms with Crippen LogP contribution in [0.3, 0.4) is 0 Å². The highest BCUT2D eigenvalue weighted by atomic mass is 35.5. The predicted molar refractivity (Wildman–Crippen MR) is 111 cm³/mol. The molecule has 1 aliphatic heterocycles. The molecule has 0 saturated carbocycles. The Labute approximate surface area is 175 Å². The summed E-state index contributed by atoms with van der Waals surface area (Å²) in [4.78, 5) is 17.5. The second-order valence-electron chi connectivity index (χ2n) is 6.24. The Kier molecular flexibility index (Phi) is 9.89. The van der Waals surface area contributed by atoms with Crippen LogP contribution >= 0.6 is 24.8 Å². The van der Waals surface area contributed by atoms with E-state index < -0.39 is 5.91 Å². The Morgan fingerprint density at radius 3 is 2.75 bits per heavy atom. The quantitative estimate of drug-likeness (QED) is 0.373. The van der Waals surface area contributed by atoms with Crippen molar-refractivity contribution in [2.75, 3.05) is 18.4 Å². The van der Waals surface area contributed by atoms with Crippen LogP contribution in [-0.4, -0.2) is 40.1 Å². The molecular weight excluding hydrogens is 406 g/mol. The van der Waals surface area contributed by atoms with E-state index in [1.165, 1.54) is 17.6 Å². The van der Waals surface area contributed by atoms with Gasteiger partial charge >= 0.3 is 0 Å². The van der Waals surface area contributed by atoms with Gasteiger partial charge in [0, 0.05) is 43.5 Å².